The molecule has 0 aromatic heterocycles. The highest BCUT2D eigenvalue weighted by Gasteiger charge is 2.23. The zero-order valence-corrected chi connectivity index (χ0v) is 24.3. The van der Waals surface area contributed by atoms with Crippen molar-refractivity contribution in [2.45, 2.75) is 65.6 Å². The van der Waals surface area contributed by atoms with Crippen LogP contribution in [0.5, 0.6) is 5.75 Å². The molecule has 5 heteroatoms. The Balaban J connectivity index is 1.41. The number of ether oxygens (including phenoxy) is 4. The van der Waals surface area contributed by atoms with Gasteiger partial charge in [0.2, 0.25) is 0 Å². The van der Waals surface area contributed by atoms with Crippen molar-refractivity contribution < 1.29 is 23.7 Å². The third kappa shape index (κ3) is 7.61. The molecule has 3 aromatic carbocycles. The normalized spacial score (nSPS) is 14.7. The molecule has 40 heavy (non-hydrogen) atoms. The summed E-state index contributed by atoms with van der Waals surface area (Å²) in [7, 11) is 0. The Morgan fingerprint density at radius 2 is 1.43 bits per heavy atom. The molecule has 0 N–H and O–H groups in total. The molecule has 0 saturated carbocycles. The van der Waals surface area contributed by atoms with Crippen LogP contribution in [0.25, 0.3) is 12.2 Å². The van der Waals surface area contributed by atoms with Gasteiger partial charge in [-0.25, -0.2) is 4.79 Å². The summed E-state index contributed by atoms with van der Waals surface area (Å²) in [5.74, 6) is 0.433. The van der Waals surface area contributed by atoms with Crippen molar-refractivity contribution in [1.82, 2.24) is 0 Å². The molecule has 4 rings (SSSR count). The van der Waals surface area contributed by atoms with Gasteiger partial charge in [0.15, 0.2) is 6.10 Å². The highest BCUT2D eigenvalue weighted by molar-refractivity contribution is 5.77. The number of benzene rings is 3. The maximum absolute atomic E-state index is 12.2. The molecule has 0 bridgehead atoms. The van der Waals surface area contributed by atoms with Crippen LogP contribution in [-0.4, -0.2) is 38.5 Å². The first-order valence-electron chi connectivity index (χ1n) is 14.6. The Morgan fingerprint density at radius 3 is 2.05 bits per heavy atom. The van der Waals surface area contributed by atoms with E-state index in [9.17, 15) is 4.79 Å². The van der Waals surface area contributed by atoms with E-state index in [4.69, 9.17) is 18.9 Å². The van der Waals surface area contributed by atoms with E-state index in [-0.39, 0.29) is 12.1 Å². The Kier molecular flexibility index (Phi) is 11.0. The third-order valence-corrected chi connectivity index (χ3v) is 7.16. The number of esters is 1. The Labute approximate surface area is 239 Å². The molecule has 0 aliphatic heterocycles. The lowest BCUT2D eigenvalue weighted by atomic mass is 9.93. The lowest BCUT2D eigenvalue weighted by Crippen LogP contribution is -2.28. The van der Waals surface area contributed by atoms with Gasteiger partial charge in [-0.3, -0.25) is 0 Å². The molecular weight excluding hydrogens is 500 g/mol. The summed E-state index contributed by atoms with van der Waals surface area (Å²) in [6.07, 6.45) is 7.35. The molecule has 2 atom stereocenters. The van der Waals surface area contributed by atoms with Gasteiger partial charge in [0.25, 0.3) is 0 Å². The van der Waals surface area contributed by atoms with Gasteiger partial charge in [0, 0.05) is 13.0 Å². The number of fused-ring (bicyclic) bond motifs is 2. The zero-order valence-electron chi connectivity index (χ0n) is 24.3. The minimum Gasteiger partial charge on any atom is -0.491 e. The van der Waals surface area contributed by atoms with Crippen LogP contribution in [0.1, 0.15) is 79.2 Å². The van der Waals surface area contributed by atoms with E-state index in [1.165, 1.54) is 33.4 Å². The summed E-state index contributed by atoms with van der Waals surface area (Å²) >= 11 is 0. The maximum Gasteiger partial charge on any atom is 0.335 e. The molecule has 2 unspecified atom stereocenters. The fourth-order valence-electron chi connectivity index (χ4n) is 5.11. The van der Waals surface area contributed by atoms with Crippen LogP contribution in [0.15, 0.2) is 60.7 Å². The molecule has 0 spiro atoms. The van der Waals surface area contributed by atoms with Gasteiger partial charge in [-0.05, 0) is 77.8 Å². The first kappa shape index (κ1) is 29.6. The first-order valence-corrected chi connectivity index (χ1v) is 14.6. The third-order valence-electron chi connectivity index (χ3n) is 7.16. The van der Waals surface area contributed by atoms with Crippen molar-refractivity contribution in [2.24, 2.45) is 0 Å². The molecule has 0 amide bonds. The lowest BCUT2D eigenvalue weighted by molar-refractivity contribution is -0.156. The van der Waals surface area contributed by atoms with Crippen molar-refractivity contribution in [2.75, 3.05) is 26.4 Å². The lowest BCUT2D eigenvalue weighted by Gasteiger charge is -2.22. The second-order valence-electron chi connectivity index (χ2n) is 10.0. The second-order valence-corrected chi connectivity index (χ2v) is 10.0. The topological polar surface area (TPSA) is 54.0 Å². The average Bonchev–Trinajstić information content (AvgIpc) is 3.12. The first-order chi connectivity index (χ1) is 19.6. The summed E-state index contributed by atoms with van der Waals surface area (Å²) < 4.78 is 23.3. The maximum atomic E-state index is 12.2. The Morgan fingerprint density at radius 1 is 0.775 bits per heavy atom. The molecule has 0 radical (unpaired) electrons. The number of aryl methyl sites for hydroxylation is 2. The SMILES string of the molecule is CCCc1ccc2c(c1)C=Cc1cc(CC)ccc1C2OCCOc1ccc(CC(OCC)C(=O)OCC)cc1. The van der Waals surface area contributed by atoms with E-state index < -0.39 is 6.10 Å². The van der Waals surface area contributed by atoms with E-state index in [0.717, 1.165) is 30.6 Å². The van der Waals surface area contributed by atoms with Gasteiger partial charge in [0.1, 0.15) is 18.5 Å². The summed E-state index contributed by atoms with van der Waals surface area (Å²) in [5.41, 5.74) is 8.47. The predicted molar refractivity (Wildman–Crippen MR) is 161 cm³/mol. The highest BCUT2D eigenvalue weighted by atomic mass is 16.6. The summed E-state index contributed by atoms with van der Waals surface area (Å²) in [6.45, 7) is 9.74. The largest absolute Gasteiger partial charge is 0.491 e. The number of rotatable bonds is 14. The van der Waals surface area contributed by atoms with E-state index in [1.54, 1.807) is 6.92 Å². The number of hydrogen-bond acceptors (Lipinski definition) is 5. The van der Waals surface area contributed by atoms with Gasteiger partial charge >= 0.3 is 5.97 Å². The average molecular weight is 543 g/mol. The van der Waals surface area contributed by atoms with Crippen LogP contribution in [0, 0.1) is 0 Å². The van der Waals surface area contributed by atoms with Crippen LogP contribution in [0.3, 0.4) is 0 Å². The fraction of sp³-hybridized carbons (Fsp3) is 0.400. The summed E-state index contributed by atoms with van der Waals surface area (Å²) in [4.78, 5) is 12.2. The number of carbonyl (C=O) groups excluding carboxylic acids is 1. The van der Waals surface area contributed by atoms with E-state index in [2.05, 4.69) is 62.4 Å². The van der Waals surface area contributed by atoms with Gasteiger partial charge in [-0.1, -0.05) is 81.0 Å². The van der Waals surface area contributed by atoms with Crippen molar-refractivity contribution in [3.8, 4) is 5.75 Å². The van der Waals surface area contributed by atoms with Gasteiger partial charge in [-0.15, -0.1) is 0 Å². The minimum atomic E-state index is -0.601. The van der Waals surface area contributed by atoms with Crippen LogP contribution < -0.4 is 4.74 Å². The molecule has 1 aliphatic carbocycles. The second kappa shape index (κ2) is 14.8. The van der Waals surface area contributed by atoms with Crippen molar-refractivity contribution >= 4 is 18.1 Å². The van der Waals surface area contributed by atoms with Crippen molar-refractivity contribution in [1.29, 1.82) is 0 Å². The fourth-order valence-corrected chi connectivity index (χ4v) is 5.11. The summed E-state index contributed by atoms with van der Waals surface area (Å²) in [6, 6.07) is 21.2. The smallest absolute Gasteiger partial charge is 0.335 e. The molecule has 0 heterocycles. The monoisotopic (exact) mass is 542 g/mol. The van der Waals surface area contributed by atoms with E-state index in [1.807, 2.05) is 31.2 Å². The van der Waals surface area contributed by atoms with E-state index in [0.29, 0.717) is 32.8 Å². The Bertz CT molecular complexity index is 1280. The highest BCUT2D eigenvalue weighted by Crippen LogP contribution is 2.36. The van der Waals surface area contributed by atoms with Crippen LogP contribution in [-0.2, 0) is 38.3 Å². The van der Waals surface area contributed by atoms with Crippen molar-refractivity contribution in [3.05, 3.63) is 99.6 Å². The molecule has 212 valence electrons. The quantitative estimate of drug-likeness (QED) is 0.157. The molecule has 0 fully saturated rings. The van der Waals surface area contributed by atoms with Crippen LogP contribution in [0.4, 0.5) is 0 Å². The predicted octanol–water partition coefficient (Wildman–Crippen LogP) is 7.38. The number of hydrogen-bond donors (Lipinski definition) is 0. The van der Waals surface area contributed by atoms with Gasteiger partial charge in [0.05, 0.1) is 13.2 Å². The molecule has 5 nitrogen and oxygen atoms in total. The minimum absolute atomic E-state index is 0.161. The Hall–Kier alpha value is -3.41. The van der Waals surface area contributed by atoms with Gasteiger partial charge < -0.3 is 18.9 Å². The number of carbonyl (C=O) groups is 1. The van der Waals surface area contributed by atoms with E-state index >= 15 is 0 Å². The van der Waals surface area contributed by atoms with Crippen LogP contribution >= 0.6 is 0 Å². The molecule has 1 aliphatic rings. The van der Waals surface area contributed by atoms with Crippen molar-refractivity contribution in [3.63, 3.8) is 0 Å². The zero-order chi connectivity index (χ0) is 28.3. The summed E-state index contributed by atoms with van der Waals surface area (Å²) in [5, 5.41) is 0. The molecular formula is C35H42O5. The molecule has 0 saturated heterocycles. The molecule has 3 aromatic rings. The van der Waals surface area contributed by atoms with Gasteiger partial charge in [-0.2, -0.15) is 0 Å². The van der Waals surface area contributed by atoms with Crippen LogP contribution in [0.2, 0.25) is 0 Å². The standard InChI is InChI=1S/C35H42O5/c1-5-9-26-13-19-32-29(23-26)15-14-28-22-25(6-2)12-18-31(28)34(32)40-21-20-39-30-16-10-27(11-17-30)24-33(37-7-3)35(36)38-8-4/h10-19,22-23,33-34H,5-9,20-21,24H2,1-4H3.